The zero-order valence-electron chi connectivity index (χ0n) is 13.9. The predicted molar refractivity (Wildman–Crippen MR) is 96.1 cm³/mol. The Kier molecular flexibility index (Phi) is 4.95. The van der Waals surface area contributed by atoms with Crippen molar-refractivity contribution in [3.63, 3.8) is 0 Å². The minimum absolute atomic E-state index is 0.0183. The van der Waals surface area contributed by atoms with Crippen molar-refractivity contribution in [2.24, 2.45) is 0 Å². The van der Waals surface area contributed by atoms with Crippen molar-refractivity contribution in [1.29, 1.82) is 0 Å². The monoisotopic (exact) mass is 358 g/mol. The van der Waals surface area contributed by atoms with Gasteiger partial charge >= 0.3 is 0 Å². The molecule has 1 heterocycles. The van der Waals surface area contributed by atoms with Crippen LogP contribution in [0, 0.1) is 6.92 Å². The summed E-state index contributed by atoms with van der Waals surface area (Å²) in [6.45, 7) is 3.66. The molecule has 0 atom stereocenters. The first-order valence-corrected chi connectivity index (χ1v) is 8.47. The second-order valence-corrected chi connectivity index (χ2v) is 6.55. The van der Waals surface area contributed by atoms with E-state index in [9.17, 15) is 14.7 Å². The molecular weight excluding hydrogens is 340 g/mol. The lowest BCUT2D eigenvalue weighted by Crippen LogP contribution is -2.50. The molecule has 130 valence electrons. The summed E-state index contributed by atoms with van der Waals surface area (Å²) in [6, 6.07) is 11.8. The summed E-state index contributed by atoms with van der Waals surface area (Å²) in [4.78, 5) is 28.5. The zero-order valence-corrected chi connectivity index (χ0v) is 14.7. The minimum atomic E-state index is -0.209. The van der Waals surface area contributed by atoms with Crippen LogP contribution >= 0.6 is 11.6 Å². The fraction of sp³-hybridized carbons (Fsp3) is 0.263. The quantitative estimate of drug-likeness (QED) is 0.897. The molecule has 0 bridgehead atoms. The molecule has 2 amide bonds. The van der Waals surface area contributed by atoms with E-state index in [2.05, 4.69) is 0 Å². The topological polar surface area (TPSA) is 60.9 Å². The van der Waals surface area contributed by atoms with Gasteiger partial charge in [-0.3, -0.25) is 9.59 Å². The van der Waals surface area contributed by atoms with Crippen LogP contribution in [-0.2, 0) is 0 Å². The summed E-state index contributed by atoms with van der Waals surface area (Å²) in [6.07, 6.45) is 0. The third-order valence-corrected chi connectivity index (χ3v) is 4.58. The molecule has 0 unspecified atom stereocenters. The number of amides is 2. The van der Waals surface area contributed by atoms with Crippen molar-refractivity contribution in [3.05, 3.63) is 64.2 Å². The van der Waals surface area contributed by atoms with E-state index in [4.69, 9.17) is 11.6 Å². The number of carbonyl (C=O) groups excluding carboxylic acids is 2. The fourth-order valence-corrected chi connectivity index (χ4v) is 3.01. The zero-order chi connectivity index (χ0) is 18.0. The number of phenolic OH excluding ortho intramolecular Hbond substituents is 1. The molecule has 2 aromatic rings. The number of rotatable bonds is 2. The third-order valence-electron chi connectivity index (χ3n) is 4.33. The Labute approximate surface area is 151 Å². The van der Waals surface area contributed by atoms with Crippen molar-refractivity contribution in [2.45, 2.75) is 6.92 Å². The van der Waals surface area contributed by atoms with E-state index in [1.807, 2.05) is 6.92 Å². The van der Waals surface area contributed by atoms with Crippen molar-refractivity contribution in [1.82, 2.24) is 9.80 Å². The SMILES string of the molecule is Cc1ccc(O)c(C(=O)N2CCN(C(=O)c3ccc(Cl)cc3)CC2)c1. The maximum absolute atomic E-state index is 12.6. The lowest BCUT2D eigenvalue weighted by atomic mass is 10.1. The van der Waals surface area contributed by atoms with Crippen LogP contribution in [0.15, 0.2) is 42.5 Å². The number of carbonyl (C=O) groups is 2. The number of phenols is 1. The van der Waals surface area contributed by atoms with Gasteiger partial charge in [0.2, 0.25) is 0 Å². The summed E-state index contributed by atoms with van der Waals surface area (Å²) in [5.41, 5.74) is 1.80. The van der Waals surface area contributed by atoms with Gasteiger partial charge in [0.25, 0.3) is 11.8 Å². The van der Waals surface area contributed by atoms with E-state index in [-0.39, 0.29) is 17.6 Å². The summed E-state index contributed by atoms with van der Waals surface area (Å²) < 4.78 is 0. The average Bonchev–Trinajstić information content (AvgIpc) is 2.63. The normalized spacial score (nSPS) is 14.5. The van der Waals surface area contributed by atoms with Crippen LogP contribution in [0.4, 0.5) is 0 Å². The fourth-order valence-electron chi connectivity index (χ4n) is 2.88. The van der Waals surface area contributed by atoms with Crippen LogP contribution in [0.2, 0.25) is 5.02 Å². The lowest BCUT2D eigenvalue weighted by molar-refractivity contribution is 0.0533. The van der Waals surface area contributed by atoms with Crippen LogP contribution in [0.25, 0.3) is 0 Å². The highest BCUT2D eigenvalue weighted by atomic mass is 35.5. The van der Waals surface area contributed by atoms with Gasteiger partial charge in [-0.15, -0.1) is 0 Å². The van der Waals surface area contributed by atoms with Gasteiger partial charge in [0, 0.05) is 36.8 Å². The second kappa shape index (κ2) is 7.15. The van der Waals surface area contributed by atoms with E-state index in [1.165, 1.54) is 6.07 Å². The Morgan fingerprint density at radius 1 is 0.920 bits per heavy atom. The highest BCUT2D eigenvalue weighted by molar-refractivity contribution is 6.30. The van der Waals surface area contributed by atoms with Crippen LogP contribution in [0.5, 0.6) is 5.75 Å². The van der Waals surface area contributed by atoms with Gasteiger partial charge in [-0.05, 0) is 43.3 Å². The number of nitrogens with zero attached hydrogens (tertiary/aromatic N) is 2. The first kappa shape index (κ1) is 17.3. The molecule has 0 saturated carbocycles. The first-order valence-electron chi connectivity index (χ1n) is 8.09. The van der Waals surface area contributed by atoms with Gasteiger partial charge in [-0.2, -0.15) is 0 Å². The molecule has 0 aromatic heterocycles. The minimum Gasteiger partial charge on any atom is -0.507 e. The Morgan fingerprint density at radius 2 is 1.48 bits per heavy atom. The number of aryl methyl sites for hydroxylation is 1. The molecule has 3 rings (SSSR count). The highest BCUT2D eigenvalue weighted by Crippen LogP contribution is 2.21. The molecule has 2 aromatic carbocycles. The van der Waals surface area contributed by atoms with E-state index < -0.39 is 0 Å². The molecule has 5 nitrogen and oxygen atoms in total. The Morgan fingerprint density at radius 3 is 2.08 bits per heavy atom. The number of aromatic hydroxyl groups is 1. The Hall–Kier alpha value is -2.53. The Bertz CT molecular complexity index is 797. The van der Waals surface area contributed by atoms with Crippen molar-refractivity contribution in [3.8, 4) is 5.75 Å². The van der Waals surface area contributed by atoms with Gasteiger partial charge in [-0.25, -0.2) is 0 Å². The van der Waals surface area contributed by atoms with Gasteiger partial charge < -0.3 is 14.9 Å². The summed E-state index contributed by atoms with van der Waals surface area (Å²) in [7, 11) is 0. The van der Waals surface area contributed by atoms with Crippen LogP contribution < -0.4 is 0 Å². The van der Waals surface area contributed by atoms with Crippen molar-refractivity contribution < 1.29 is 14.7 Å². The van der Waals surface area contributed by atoms with Gasteiger partial charge in [-0.1, -0.05) is 23.2 Å². The van der Waals surface area contributed by atoms with E-state index >= 15 is 0 Å². The standard InChI is InChI=1S/C19H19ClN2O3/c1-13-2-7-17(23)16(12-13)19(25)22-10-8-21(9-11-22)18(24)14-3-5-15(20)6-4-14/h2-7,12,23H,8-11H2,1H3. The summed E-state index contributed by atoms with van der Waals surface area (Å²) in [5.74, 6) is -0.294. The number of halogens is 1. The predicted octanol–water partition coefficient (Wildman–Crippen LogP) is 2.95. The summed E-state index contributed by atoms with van der Waals surface area (Å²) >= 11 is 5.85. The molecule has 25 heavy (non-hydrogen) atoms. The van der Waals surface area contributed by atoms with E-state index in [1.54, 1.807) is 46.2 Å². The van der Waals surface area contributed by atoms with Crippen LogP contribution in [0.1, 0.15) is 26.3 Å². The van der Waals surface area contributed by atoms with Gasteiger partial charge in [0.15, 0.2) is 0 Å². The first-order chi connectivity index (χ1) is 12.0. The average molecular weight is 359 g/mol. The number of benzene rings is 2. The van der Waals surface area contributed by atoms with Crippen molar-refractivity contribution in [2.75, 3.05) is 26.2 Å². The van der Waals surface area contributed by atoms with Crippen LogP contribution in [0.3, 0.4) is 0 Å². The largest absolute Gasteiger partial charge is 0.507 e. The molecule has 0 radical (unpaired) electrons. The molecular formula is C19H19ClN2O3. The lowest BCUT2D eigenvalue weighted by Gasteiger charge is -2.35. The Balaban J connectivity index is 1.65. The number of hydrogen-bond acceptors (Lipinski definition) is 3. The molecule has 1 N–H and O–H groups in total. The molecule has 1 fully saturated rings. The summed E-state index contributed by atoms with van der Waals surface area (Å²) in [5, 5.41) is 10.5. The molecule has 1 saturated heterocycles. The van der Waals surface area contributed by atoms with E-state index in [0.717, 1.165) is 5.56 Å². The maximum atomic E-state index is 12.6. The van der Waals surface area contributed by atoms with Crippen LogP contribution in [-0.4, -0.2) is 52.9 Å². The van der Waals surface area contributed by atoms with Gasteiger partial charge in [0.05, 0.1) is 5.56 Å². The smallest absolute Gasteiger partial charge is 0.257 e. The maximum Gasteiger partial charge on any atom is 0.257 e. The molecule has 1 aliphatic heterocycles. The highest BCUT2D eigenvalue weighted by Gasteiger charge is 2.26. The second-order valence-electron chi connectivity index (χ2n) is 6.11. The third kappa shape index (κ3) is 3.77. The number of piperazine rings is 1. The molecule has 0 aliphatic carbocycles. The number of hydrogen-bond donors (Lipinski definition) is 1. The van der Waals surface area contributed by atoms with Gasteiger partial charge in [0.1, 0.15) is 5.75 Å². The van der Waals surface area contributed by atoms with Crippen molar-refractivity contribution >= 4 is 23.4 Å². The van der Waals surface area contributed by atoms with E-state index in [0.29, 0.717) is 42.3 Å². The molecule has 0 spiro atoms. The molecule has 6 heteroatoms. The molecule has 1 aliphatic rings.